The smallest absolute Gasteiger partial charge is 0.323 e. The fourth-order valence-corrected chi connectivity index (χ4v) is 2.05. The fraction of sp³-hybridized carbons (Fsp3) is 0.250. The molecule has 0 aliphatic carbocycles. The predicted molar refractivity (Wildman–Crippen MR) is 73.4 cm³/mol. The average molecular weight is 366 g/mol. The Balaban J connectivity index is 2.54. The van der Waals surface area contributed by atoms with Gasteiger partial charge in [-0.15, -0.1) is 0 Å². The molecule has 0 aromatic heterocycles. The zero-order valence-electron chi connectivity index (χ0n) is 13.0. The highest BCUT2D eigenvalue weighted by Crippen LogP contribution is 2.41. The molecule has 2 aromatic rings. The van der Waals surface area contributed by atoms with Crippen molar-refractivity contribution >= 4 is 0 Å². The first-order valence-electron chi connectivity index (χ1n) is 6.75. The monoisotopic (exact) mass is 366 g/mol. The molecule has 0 N–H and O–H groups in total. The SMILES string of the molecule is COC(F)(OC(F)(OC)c1cccc(F)c1F)c1cccc(F)c1F. The molecule has 0 saturated carbocycles. The van der Waals surface area contributed by atoms with Gasteiger partial charge in [0.2, 0.25) is 0 Å². The van der Waals surface area contributed by atoms with Crippen molar-refractivity contribution in [2.75, 3.05) is 14.2 Å². The van der Waals surface area contributed by atoms with Crippen molar-refractivity contribution in [1.29, 1.82) is 0 Å². The summed E-state index contributed by atoms with van der Waals surface area (Å²) >= 11 is 0. The van der Waals surface area contributed by atoms with Crippen LogP contribution in [-0.4, -0.2) is 14.2 Å². The second-order valence-electron chi connectivity index (χ2n) is 4.79. The van der Waals surface area contributed by atoms with Crippen LogP contribution >= 0.6 is 0 Å². The summed E-state index contributed by atoms with van der Waals surface area (Å²) in [6, 6.07) is -2.79. The summed E-state index contributed by atoms with van der Waals surface area (Å²) in [5, 5.41) is 0. The summed E-state index contributed by atoms with van der Waals surface area (Å²) in [4.78, 5) is 0. The Morgan fingerprint density at radius 2 is 1.04 bits per heavy atom. The lowest BCUT2D eigenvalue weighted by Gasteiger charge is -2.32. The fourth-order valence-electron chi connectivity index (χ4n) is 2.05. The van der Waals surface area contributed by atoms with Gasteiger partial charge in [-0.05, 0) is 24.3 Å². The Labute approximate surface area is 138 Å². The zero-order chi connectivity index (χ0) is 18.8. The lowest BCUT2D eigenvalue weighted by atomic mass is 10.1. The molecule has 0 fully saturated rings. The van der Waals surface area contributed by atoms with Gasteiger partial charge < -0.3 is 9.47 Å². The molecule has 2 aromatic carbocycles. The molecule has 3 nitrogen and oxygen atoms in total. The molecule has 0 spiro atoms. The number of methoxy groups -OCH3 is 2. The van der Waals surface area contributed by atoms with Crippen LogP contribution in [0.4, 0.5) is 26.3 Å². The minimum absolute atomic E-state index is 0.669. The van der Waals surface area contributed by atoms with Crippen LogP contribution in [0.5, 0.6) is 0 Å². The lowest BCUT2D eigenvalue weighted by Crippen LogP contribution is -2.39. The highest BCUT2D eigenvalue weighted by molar-refractivity contribution is 5.25. The Morgan fingerprint density at radius 1 is 0.680 bits per heavy atom. The summed E-state index contributed by atoms with van der Waals surface area (Å²) < 4.78 is 97.1. The number of hydrogen-bond acceptors (Lipinski definition) is 3. The first-order chi connectivity index (χ1) is 11.7. The van der Waals surface area contributed by atoms with Gasteiger partial charge in [0.1, 0.15) is 0 Å². The van der Waals surface area contributed by atoms with E-state index in [0.717, 1.165) is 24.3 Å². The molecule has 0 aliphatic heterocycles. The number of hydrogen-bond donors (Lipinski definition) is 0. The van der Waals surface area contributed by atoms with Gasteiger partial charge >= 0.3 is 12.1 Å². The van der Waals surface area contributed by atoms with E-state index in [1.807, 2.05) is 0 Å². The van der Waals surface area contributed by atoms with Crippen molar-refractivity contribution in [2.45, 2.75) is 12.1 Å². The predicted octanol–water partition coefficient (Wildman–Crippen LogP) is 4.41. The van der Waals surface area contributed by atoms with E-state index in [1.54, 1.807) is 0 Å². The van der Waals surface area contributed by atoms with Crippen LogP contribution in [0.1, 0.15) is 11.1 Å². The zero-order valence-corrected chi connectivity index (χ0v) is 13.0. The van der Waals surface area contributed by atoms with E-state index in [9.17, 15) is 26.3 Å². The summed E-state index contributed by atoms with van der Waals surface area (Å²) in [6.07, 6.45) is 0. The van der Waals surface area contributed by atoms with E-state index in [4.69, 9.17) is 0 Å². The number of alkyl halides is 2. The van der Waals surface area contributed by atoms with Gasteiger partial charge in [-0.25, -0.2) is 17.6 Å². The van der Waals surface area contributed by atoms with Crippen molar-refractivity contribution in [3.63, 3.8) is 0 Å². The van der Waals surface area contributed by atoms with Gasteiger partial charge in [0.15, 0.2) is 23.3 Å². The van der Waals surface area contributed by atoms with E-state index in [0.29, 0.717) is 26.4 Å². The van der Waals surface area contributed by atoms with Crippen LogP contribution in [0.3, 0.4) is 0 Å². The third kappa shape index (κ3) is 3.48. The maximum absolute atomic E-state index is 14.9. The second kappa shape index (κ2) is 7.03. The van der Waals surface area contributed by atoms with E-state index in [-0.39, 0.29) is 0 Å². The maximum Gasteiger partial charge on any atom is 0.356 e. The van der Waals surface area contributed by atoms with E-state index in [2.05, 4.69) is 14.2 Å². The highest BCUT2D eigenvalue weighted by atomic mass is 19.2. The molecule has 0 radical (unpaired) electrons. The van der Waals surface area contributed by atoms with Crippen LogP contribution < -0.4 is 0 Å². The highest BCUT2D eigenvalue weighted by Gasteiger charge is 2.50. The molecule has 0 amide bonds. The van der Waals surface area contributed by atoms with Gasteiger partial charge in [-0.3, -0.25) is 4.74 Å². The molecule has 136 valence electrons. The quantitative estimate of drug-likeness (QED) is 0.560. The van der Waals surface area contributed by atoms with Gasteiger partial charge in [0.25, 0.3) is 0 Å². The standard InChI is InChI=1S/C16H12F6O3/c1-23-15(21,9-5-3-7-11(17)13(9)19)25-16(22,24-2)10-6-4-8-12(18)14(10)20/h3-8H,1-2H3. The van der Waals surface area contributed by atoms with Gasteiger partial charge in [-0.1, -0.05) is 12.1 Å². The number of ether oxygens (including phenoxy) is 3. The first-order valence-corrected chi connectivity index (χ1v) is 6.75. The van der Waals surface area contributed by atoms with Crippen LogP contribution in [0.2, 0.25) is 0 Å². The molecule has 0 saturated heterocycles. The molecule has 0 bridgehead atoms. The Kier molecular flexibility index (Phi) is 5.40. The van der Waals surface area contributed by atoms with Crippen LogP contribution in [0.25, 0.3) is 0 Å². The lowest BCUT2D eigenvalue weighted by molar-refractivity contribution is -0.454. The molecule has 0 heterocycles. The van der Waals surface area contributed by atoms with Gasteiger partial charge in [-0.2, -0.15) is 8.78 Å². The Bertz CT molecular complexity index is 708. The second-order valence-corrected chi connectivity index (χ2v) is 4.79. The first kappa shape index (κ1) is 19.2. The topological polar surface area (TPSA) is 27.7 Å². The minimum Gasteiger partial charge on any atom is -0.323 e. The molecule has 2 atom stereocenters. The molecule has 2 unspecified atom stereocenters. The molecule has 0 aliphatic rings. The molecular weight excluding hydrogens is 354 g/mol. The third-order valence-corrected chi connectivity index (χ3v) is 3.33. The minimum atomic E-state index is -3.71. The summed E-state index contributed by atoms with van der Waals surface area (Å²) in [5.41, 5.74) is -2.32. The molecule has 2 rings (SSSR count). The number of rotatable bonds is 6. The Morgan fingerprint density at radius 3 is 1.36 bits per heavy atom. The van der Waals surface area contributed by atoms with Crippen LogP contribution in [-0.2, 0) is 26.3 Å². The van der Waals surface area contributed by atoms with Gasteiger partial charge in [0.05, 0.1) is 11.1 Å². The van der Waals surface area contributed by atoms with Crippen molar-refractivity contribution < 1.29 is 40.6 Å². The maximum atomic E-state index is 14.9. The average Bonchev–Trinajstić information content (AvgIpc) is 2.59. The Hall–Kier alpha value is -2.10. The molecular formula is C16H12F6O3. The normalized spacial score (nSPS) is 16.3. The third-order valence-electron chi connectivity index (χ3n) is 3.33. The number of benzene rings is 2. The molecule has 9 heteroatoms. The number of halogens is 6. The van der Waals surface area contributed by atoms with E-state index in [1.165, 1.54) is 0 Å². The summed E-state index contributed by atoms with van der Waals surface area (Å²) in [5.74, 6) is -6.35. The molecule has 25 heavy (non-hydrogen) atoms. The summed E-state index contributed by atoms with van der Waals surface area (Å²) in [7, 11) is 1.34. The van der Waals surface area contributed by atoms with E-state index < -0.39 is 46.5 Å². The van der Waals surface area contributed by atoms with Crippen molar-refractivity contribution in [3.8, 4) is 0 Å². The summed E-state index contributed by atoms with van der Waals surface area (Å²) in [6.45, 7) is 0. The largest absolute Gasteiger partial charge is 0.356 e. The van der Waals surface area contributed by atoms with Crippen LogP contribution in [0.15, 0.2) is 36.4 Å². The van der Waals surface area contributed by atoms with Gasteiger partial charge in [0, 0.05) is 14.2 Å². The van der Waals surface area contributed by atoms with Crippen molar-refractivity contribution in [3.05, 3.63) is 70.8 Å². The van der Waals surface area contributed by atoms with E-state index >= 15 is 0 Å². The van der Waals surface area contributed by atoms with Crippen molar-refractivity contribution in [2.24, 2.45) is 0 Å². The van der Waals surface area contributed by atoms with Crippen LogP contribution in [0, 0.1) is 23.3 Å². The van der Waals surface area contributed by atoms with Crippen molar-refractivity contribution in [1.82, 2.24) is 0 Å².